The highest BCUT2D eigenvalue weighted by atomic mass is 16.3. The maximum atomic E-state index is 9.66. The lowest BCUT2D eigenvalue weighted by Crippen LogP contribution is -2.32. The van der Waals surface area contributed by atoms with E-state index in [1.54, 1.807) is 0 Å². The number of benzene rings is 1. The van der Waals surface area contributed by atoms with Crippen molar-refractivity contribution in [1.29, 1.82) is 0 Å². The molecule has 1 aliphatic heterocycles. The predicted octanol–water partition coefficient (Wildman–Crippen LogP) is 3.35. The van der Waals surface area contributed by atoms with Crippen molar-refractivity contribution in [2.75, 3.05) is 23.4 Å². The van der Waals surface area contributed by atoms with E-state index in [-0.39, 0.29) is 12.6 Å². The van der Waals surface area contributed by atoms with Crippen LogP contribution in [0.3, 0.4) is 0 Å². The van der Waals surface area contributed by atoms with E-state index in [0.717, 1.165) is 37.0 Å². The van der Waals surface area contributed by atoms with Crippen LogP contribution in [0.4, 0.5) is 11.6 Å². The molecule has 4 rings (SSSR count). The Bertz CT molecular complexity index is 772. The molecule has 0 amide bonds. The number of nitrogens with one attached hydrogen (secondary N) is 1. The van der Waals surface area contributed by atoms with Gasteiger partial charge in [0.25, 0.3) is 0 Å². The molecular formula is C21H28N4O. The SMILES string of the molecule is CC(C)[C@@H](CO)Nc1cc(N2CCc3ccccc3C2)nc(C2CC2)n1. The summed E-state index contributed by atoms with van der Waals surface area (Å²) in [4.78, 5) is 12.0. The summed E-state index contributed by atoms with van der Waals surface area (Å²) in [7, 11) is 0. The van der Waals surface area contributed by atoms with Gasteiger partial charge in [0, 0.05) is 25.1 Å². The number of aromatic nitrogens is 2. The average Bonchev–Trinajstić information content (AvgIpc) is 3.50. The van der Waals surface area contributed by atoms with Crippen molar-refractivity contribution < 1.29 is 5.11 Å². The van der Waals surface area contributed by atoms with Crippen LogP contribution in [0.15, 0.2) is 30.3 Å². The van der Waals surface area contributed by atoms with Gasteiger partial charge in [0.2, 0.25) is 0 Å². The molecule has 1 aromatic heterocycles. The van der Waals surface area contributed by atoms with E-state index in [2.05, 4.69) is 48.3 Å². The van der Waals surface area contributed by atoms with Crippen molar-refractivity contribution in [3.63, 3.8) is 0 Å². The maximum Gasteiger partial charge on any atom is 0.136 e. The average molecular weight is 352 g/mol. The first-order chi connectivity index (χ1) is 12.6. The quantitative estimate of drug-likeness (QED) is 0.835. The lowest BCUT2D eigenvalue weighted by atomic mass is 10.00. The van der Waals surface area contributed by atoms with Gasteiger partial charge in [-0.05, 0) is 36.3 Å². The Balaban J connectivity index is 1.61. The Labute approximate surface area is 155 Å². The third-order valence-electron chi connectivity index (χ3n) is 5.46. The van der Waals surface area contributed by atoms with Gasteiger partial charge in [-0.3, -0.25) is 0 Å². The summed E-state index contributed by atoms with van der Waals surface area (Å²) < 4.78 is 0. The molecule has 1 saturated carbocycles. The standard InChI is InChI=1S/C21H28N4O/c1-14(2)18(13-26)22-19-11-20(24-21(23-19)16-7-8-16)25-10-9-15-5-3-4-6-17(15)12-25/h3-6,11,14,16,18,26H,7-10,12-13H2,1-2H3,(H,22,23,24)/t18-/m1/s1. The Kier molecular flexibility index (Phi) is 4.81. The monoisotopic (exact) mass is 352 g/mol. The van der Waals surface area contributed by atoms with Gasteiger partial charge >= 0.3 is 0 Å². The van der Waals surface area contributed by atoms with Gasteiger partial charge in [-0.1, -0.05) is 38.1 Å². The van der Waals surface area contributed by atoms with E-state index in [1.165, 1.54) is 24.0 Å². The number of anilines is 2. The van der Waals surface area contributed by atoms with E-state index in [0.29, 0.717) is 11.8 Å². The number of hydrogen-bond donors (Lipinski definition) is 2. The molecule has 2 aliphatic rings. The minimum atomic E-state index is 0.00637. The normalized spacial score (nSPS) is 17.9. The molecule has 26 heavy (non-hydrogen) atoms. The Hall–Kier alpha value is -2.14. The fraction of sp³-hybridized carbons (Fsp3) is 0.524. The Morgan fingerprint density at radius 2 is 1.96 bits per heavy atom. The molecular weight excluding hydrogens is 324 g/mol. The fourth-order valence-electron chi connectivity index (χ4n) is 3.52. The third-order valence-corrected chi connectivity index (χ3v) is 5.46. The number of rotatable bonds is 6. The van der Waals surface area contributed by atoms with Gasteiger partial charge in [-0.2, -0.15) is 0 Å². The highest BCUT2D eigenvalue weighted by Crippen LogP contribution is 2.39. The molecule has 1 aliphatic carbocycles. The molecule has 0 radical (unpaired) electrons. The largest absolute Gasteiger partial charge is 0.394 e. The van der Waals surface area contributed by atoms with Crippen LogP contribution in [0, 0.1) is 5.92 Å². The van der Waals surface area contributed by atoms with Crippen LogP contribution in [0.25, 0.3) is 0 Å². The van der Waals surface area contributed by atoms with Gasteiger partial charge < -0.3 is 15.3 Å². The van der Waals surface area contributed by atoms with Crippen molar-refractivity contribution in [2.45, 2.75) is 51.6 Å². The van der Waals surface area contributed by atoms with Crippen LogP contribution in [-0.2, 0) is 13.0 Å². The van der Waals surface area contributed by atoms with Crippen molar-refractivity contribution in [3.05, 3.63) is 47.3 Å². The van der Waals surface area contributed by atoms with Gasteiger partial charge in [0.05, 0.1) is 12.6 Å². The molecule has 2 N–H and O–H groups in total. The zero-order valence-electron chi connectivity index (χ0n) is 15.7. The van der Waals surface area contributed by atoms with Crippen molar-refractivity contribution in [2.24, 2.45) is 5.92 Å². The molecule has 5 nitrogen and oxygen atoms in total. The number of hydrogen-bond acceptors (Lipinski definition) is 5. The van der Waals surface area contributed by atoms with Crippen LogP contribution in [0.5, 0.6) is 0 Å². The zero-order chi connectivity index (χ0) is 18.1. The molecule has 2 aromatic rings. The summed E-state index contributed by atoms with van der Waals surface area (Å²) >= 11 is 0. The van der Waals surface area contributed by atoms with Gasteiger partial charge in [0.15, 0.2) is 0 Å². The smallest absolute Gasteiger partial charge is 0.136 e. The lowest BCUT2D eigenvalue weighted by Gasteiger charge is -2.30. The van der Waals surface area contributed by atoms with E-state index in [1.807, 2.05) is 6.07 Å². The lowest BCUT2D eigenvalue weighted by molar-refractivity contribution is 0.249. The number of aliphatic hydroxyl groups excluding tert-OH is 1. The van der Waals surface area contributed by atoms with Crippen molar-refractivity contribution >= 4 is 11.6 Å². The van der Waals surface area contributed by atoms with Crippen LogP contribution >= 0.6 is 0 Å². The summed E-state index contributed by atoms with van der Waals surface area (Å²) in [6.07, 6.45) is 3.41. The first kappa shape index (κ1) is 17.3. The van der Waals surface area contributed by atoms with Crippen LogP contribution in [0.1, 0.15) is 49.6 Å². The van der Waals surface area contributed by atoms with Crippen molar-refractivity contribution in [1.82, 2.24) is 9.97 Å². The van der Waals surface area contributed by atoms with Gasteiger partial charge in [-0.25, -0.2) is 9.97 Å². The molecule has 5 heteroatoms. The second kappa shape index (κ2) is 7.23. The van der Waals surface area contributed by atoms with E-state index in [4.69, 9.17) is 9.97 Å². The minimum absolute atomic E-state index is 0.00637. The van der Waals surface area contributed by atoms with E-state index in [9.17, 15) is 5.11 Å². The number of nitrogens with zero attached hydrogens (tertiary/aromatic N) is 3. The second-order valence-corrected chi connectivity index (χ2v) is 7.86. The van der Waals surface area contributed by atoms with Gasteiger partial charge in [-0.15, -0.1) is 0 Å². The summed E-state index contributed by atoms with van der Waals surface area (Å²) in [5, 5.41) is 13.1. The molecule has 0 spiro atoms. The number of fused-ring (bicyclic) bond motifs is 1. The second-order valence-electron chi connectivity index (χ2n) is 7.86. The third kappa shape index (κ3) is 3.68. The molecule has 0 unspecified atom stereocenters. The van der Waals surface area contributed by atoms with Gasteiger partial charge in [0.1, 0.15) is 17.5 Å². The molecule has 2 heterocycles. The summed E-state index contributed by atoms with van der Waals surface area (Å²) in [6.45, 7) is 6.20. The molecule has 1 fully saturated rings. The number of aliphatic hydroxyl groups is 1. The fourth-order valence-corrected chi connectivity index (χ4v) is 3.52. The topological polar surface area (TPSA) is 61.3 Å². The summed E-state index contributed by atoms with van der Waals surface area (Å²) in [6, 6.07) is 10.7. The maximum absolute atomic E-state index is 9.66. The van der Waals surface area contributed by atoms with Crippen LogP contribution in [0.2, 0.25) is 0 Å². The van der Waals surface area contributed by atoms with E-state index < -0.39 is 0 Å². The predicted molar refractivity (Wildman–Crippen MR) is 105 cm³/mol. The molecule has 0 saturated heterocycles. The molecule has 1 aromatic carbocycles. The zero-order valence-corrected chi connectivity index (χ0v) is 15.7. The Morgan fingerprint density at radius 1 is 1.19 bits per heavy atom. The molecule has 0 bridgehead atoms. The highest BCUT2D eigenvalue weighted by molar-refractivity contribution is 5.52. The van der Waals surface area contributed by atoms with Crippen LogP contribution in [-0.4, -0.2) is 34.3 Å². The first-order valence-electron chi connectivity index (χ1n) is 9.72. The highest BCUT2D eigenvalue weighted by Gasteiger charge is 2.29. The molecule has 1 atom stereocenters. The Morgan fingerprint density at radius 3 is 2.65 bits per heavy atom. The molecule has 138 valence electrons. The van der Waals surface area contributed by atoms with Crippen LogP contribution < -0.4 is 10.2 Å². The first-order valence-corrected chi connectivity index (χ1v) is 9.72. The summed E-state index contributed by atoms with van der Waals surface area (Å²) in [5.41, 5.74) is 2.83. The minimum Gasteiger partial charge on any atom is -0.394 e. The van der Waals surface area contributed by atoms with E-state index >= 15 is 0 Å². The summed E-state index contributed by atoms with van der Waals surface area (Å²) in [5.74, 6) is 3.62. The van der Waals surface area contributed by atoms with Crippen molar-refractivity contribution in [3.8, 4) is 0 Å².